The van der Waals surface area contributed by atoms with E-state index >= 15 is 0 Å². The number of oxime groups is 1. The lowest BCUT2D eigenvalue weighted by Crippen LogP contribution is -2.24. The van der Waals surface area contributed by atoms with Crippen molar-refractivity contribution in [1.29, 1.82) is 0 Å². The smallest absolute Gasteiger partial charge is 0.437 e. The highest BCUT2D eigenvalue weighted by Crippen LogP contribution is 2.29. The number of aryl methyl sites for hydroxylation is 2. The van der Waals surface area contributed by atoms with Crippen LogP contribution in [0.15, 0.2) is 47.8 Å². The maximum Gasteiger partial charge on any atom is 0.437 e. The molecule has 1 heterocycles. The van der Waals surface area contributed by atoms with Crippen LogP contribution in [-0.2, 0) is 4.84 Å². The summed E-state index contributed by atoms with van der Waals surface area (Å²) in [6.45, 7) is 7.46. The number of halogens is 3. The molecule has 1 aromatic heterocycles. The lowest BCUT2D eigenvalue weighted by Gasteiger charge is -2.14. The Bertz CT molecular complexity index is 935. The molecule has 0 radical (unpaired) electrons. The van der Waals surface area contributed by atoms with E-state index < -0.39 is 11.9 Å². The fraction of sp³-hybridized carbons (Fsp3) is 0.440. The van der Waals surface area contributed by atoms with Gasteiger partial charge in [0.1, 0.15) is 25.2 Å². The SMILES string of the molecule is C/C=C/COc1cc(C)c(OCCCCCOc2ccc(/C(=N/OC)C(F)(F)F)cn2)c(C)c1. The number of aromatic nitrogens is 1. The second-order valence-corrected chi connectivity index (χ2v) is 7.53. The van der Waals surface area contributed by atoms with Gasteiger partial charge in [-0.25, -0.2) is 4.98 Å². The van der Waals surface area contributed by atoms with Crippen LogP contribution in [-0.4, -0.2) is 43.8 Å². The molecule has 2 rings (SSSR count). The summed E-state index contributed by atoms with van der Waals surface area (Å²) in [6, 6.07) is 6.57. The molecule has 0 amide bonds. The van der Waals surface area contributed by atoms with E-state index in [1.54, 1.807) is 0 Å². The maximum absolute atomic E-state index is 13.0. The van der Waals surface area contributed by atoms with Crippen LogP contribution in [0.25, 0.3) is 0 Å². The number of nitrogens with zero attached hydrogens (tertiary/aromatic N) is 2. The van der Waals surface area contributed by atoms with E-state index in [1.807, 2.05) is 45.1 Å². The van der Waals surface area contributed by atoms with Gasteiger partial charge in [-0.15, -0.1) is 0 Å². The minimum atomic E-state index is -4.64. The van der Waals surface area contributed by atoms with Gasteiger partial charge in [0.25, 0.3) is 0 Å². The van der Waals surface area contributed by atoms with Gasteiger partial charge in [0.05, 0.1) is 13.2 Å². The van der Waals surface area contributed by atoms with E-state index in [2.05, 4.69) is 15.0 Å². The minimum Gasteiger partial charge on any atom is -0.493 e. The molecule has 0 saturated heterocycles. The van der Waals surface area contributed by atoms with E-state index in [4.69, 9.17) is 14.2 Å². The Morgan fingerprint density at radius 3 is 2.24 bits per heavy atom. The summed E-state index contributed by atoms with van der Waals surface area (Å²) in [7, 11) is 1.06. The third-order valence-electron chi connectivity index (χ3n) is 4.76. The fourth-order valence-corrected chi connectivity index (χ4v) is 3.16. The normalized spacial score (nSPS) is 12.1. The lowest BCUT2D eigenvalue weighted by molar-refractivity contribution is -0.0608. The van der Waals surface area contributed by atoms with Crippen LogP contribution in [0.1, 0.15) is 42.9 Å². The number of ether oxygens (including phenoxy) is 3. The van der Waals surface area contributed by atoms with Gasteiger partial charge in [-0.1, -0.05) is 17.3 Å². The minimum absolute atomic E-state index is 0.193. The molecule has 0 N–H and O–H groups in total. The molecule has 0 bridgehead atoms. The Labute approximate surface area is 198 Å². The summed E-state index contributed by atoms with van der Waals surface area (Å²) >= 11 is 0. The second-order valence-electron chi connectivity index (χ2n) is 7.53. The highest BCUT2D eigenvalue weighted by Gasteiger charge is 2.38. The first-order valence-corrected chi connectivity index (χ1v) is 11.0. The second kappa shape index (κ2) is 13.5. The van der Waals surface area contributed by atoms with Crippen molar-refractivity contribution >= 4 is 5.71 Å². The van der Waals surface area contributed by atoms with Gasteiger partial charge < -0.3 is 19.0 Å². The molecule has 0 unspecified atom stereocenters. The zero-order valence-electron chi connectivity index (χ0n) is 19.9. The summed E-state index contributed by atoms with van der Waals surface area (Å²) in [6.07, 6.45) is 2.81. The van der Waals surface area contributed by atoms with Crippen LogP contribution in [0.5, 0.6) is 17.4 Å². The van der Waals surface area contributed by atoms with Crippen LogP contribution in [0.4, 0.5) is 13.2 Å². The number of hydrogen-bond acceptors (Lipinski definition) is 6. The Hall–Kier alpha value is -3.23. The molecule has 1 aromatic carbocycles. The molecule has 186 valence electrons. The number of alkyl halides is 3. The van der Waals surface area contributed by atoms with E-state index in [0.717, 1.165) is 55.2 Å². The first-order chi connectivity index (χ1) is 16.3. The van der Waals surface area contributed by atoms with Gasteiger partial charge in [-0.05, 0) is 69.4 Å². The van der Waals surface area contributed by atoms with Gasteiger partial charge in [-0.3, -0.25) is 0 Å². The van der Waals surface area contributed by atoms with Gasteiger partial charge in [0, 0.05) is 17.8 Å². The molecule has 0 spiro atoms. The highest BCUT2D eigenvalue weighted by atomic mass is 19.4. The summed E-state index contributed by atoms with van der Waals surface area (Å²) in [4.78, 5) is 8.20. The number of unbranched alkanes of at least 4 members (excludes halogenated alkanes) is 2. The Balaban J connectivity index is 1.72. The topological polar surface area (TPSA) is 62.2 Å². The molecule has 0 saturated carbocycles. The standard InChI is InChI=1S/C25H31F3N2O4/c1-5-6-12-32-21-15-18(2)23(19(3)16-21)34-14-9-7-8-13-33-22-11-10-20(17-29-22)24(30-31-4)25(26,27)28/h5-6,10-11,15-17H,7-9,12-14H2,1-4H3/b6-5+,30-24-. The predicted octanol–water partition coefficient (Wildman–Crippen LogP) is 6.19. The molecule has 0 fully saturated rings. The van der Waals surface area contributed by atoms with E-state index in [1.165, 1.54) is 12.1 Å². The van der Waals surface area contributed by atoms with Crippen molar-refractivity contribution in [2.45, 2.75) is 46.2 Å². The zero-order valence-corrected chi connectivity index (χ0v) is 19.9. The molecular formula is C25H31F3N2O4. The zero-order chi connectivity index (χ0) is 25.0. The molecule has 6 nitrogen and oxygen atoms in total. The third kappa shape index (κ3) is 8.61. The van der Waals surface area contributed by atoms with E-state index in [0.29, 0.717) is 19.8 Å². The molecule has 0 aliphatic heterocycles. The van der Waals surface area contributed by atoms with Crippen LogP contribution in [0, 0.1) is 13.8 Å². The number of pyridine rings is 1. The predicted molar refractivity (Wildman–Crippen MR) is 125 cm³/mol. The molecule has 34 heavy (non-hydrogen) atoms. The first kappa shape index (κ1) is 27.0. The van der Waals surface area contributed by atoms with Gasteiger partial charge in [-0.2, -0.15) is 13.2 Å². The van der Waals surface area contributed by atoms with Crippen LogP contribution < -0.4 is 14.2 Å². The van der Waals surface area contributed by atoms with E-state index in [9.17, 15) is 13.2 Å². The molecular weight excluding hydrogens is 449 g/mol. The van der Waals surface area contributed by atoms with Crippen molar-refractivity contribution in [3.8, 4) is 17.4 Å². The average Bonchev–Trinajstić information content (AvgIpc) is 2.78. The number of rotatable bonds is 13. The molecule has 0 aliphatic carbocycles. The molecule has 0 atom stereocenters. The number of allylic oxidation sites excluding steroid dienone is 1. The largest absolute Gasteiger partial charge is 0.493 e. The van der Waals surface area contributed by atoms with Crippen molar-refractivity contribution in [3.63, 3.8) is 0 Å². The van der Waals surface area contributed by atoms with Crippen molar-refractivity contribution in [2.75, 3.05) is 26.9 Å². The monoisotopic (exact) mass is 480 g/mol. The number of benzene rings is 1. The van der Waals surface area contributed by atoms with E-state index in [-0.39, 0.29) is 11.4 Å². The van der Waals surface area contributed by atoms with Crippen molar-refractivity contribution in [1.82, 2.24) is 4.98 Å². The Morgan fingerprint density at radius 2 is 1.68 bits per heavy atom. The summed E-state index contributed by atoms with van der Waals surface area (Å²) in [5.41, 5.74) is 0.715. The summed E-state index contributed by atoms with van der Waals surface area (Å²) < 4.78 is 56.1. The quantitative estimate of drug-likeness (QED) is 0.148. The van der Waals surface area contributed by atoms with Crippen molar-refractivity contribution < 1.29 is 32.2 Å². The fourth-order valence-electron chi connectivity index (χ4n) is 3.16. The van der Waals surface area contributed by atoms with Crippen LogP contribution in [0.2, 0.25) is 0 Å². The summed E-state index contributed by atoms with van der Waals surface area (Å²) in [5.74, 6) is 1.94. The summed E-state index contributed by atoms with van der Waals surface area (Å²) in [5, 5.41) is 3.04. The van der Waals surface area contributed by atoms with Gasteiger partial charge in [0.2, 0.25) is 5.88 Å². The van der Waals surface area contributed by atoms with Crippen LogP contribution in [0.3, 0.4) is 0 Å². The van der Waals surface area contributed by atoms with Gasteiger partial charge in [0.15, 0.2) is 5.71 Å². The molecule has 0 aliphatic rings. The molecule has 9 heteroatoms. The highest BCUT2D eigenvalue weighted by molar-refractivity contribution is 6.04. The Morgan fingerprint density at radius 1 is 1.00 bits per heavy atom. The third-order valence-corrected chi connectivity index (χ3v) is 4.76. The van der Waals surface area contributed by atoms with Gasteiger partial charge >= 0.3 is 6.18 Å². The van der Waals surface area contributed by atoms with Crippen LogP contribution >= 0.6 is 0 Å². The van der Waals surface area contributed by atoms with Crippen molar-refractivity contribution in [3.05, 3.63) is 59.3 Å². The lowest BCUT2D eigenvalue weighted by atomic mass is 10.1. The first-order valence-electron chi connectivity index (χ1n) is 11.0. The van der Waals surface area contributed by atoms with Crippen molar-refractivity contribution in [2.24, 2.45) is 5.16 Å². The molecule has 2 aromatic rings. The average molecular weight is 481 g/mol. The maximum atomic E-state index is 13.0. The Kier molecular flexibility index (Phi) is 10.7. The number of hydrogen-bond donors (Lipinski definition) is 0.